The SMILES string of the molecule is [2H]c1c([2H])c([2H])c(-c2c([2H])c([2H])c(N(c3c([2H])c([2H])c(-c4ccc(-c5ccccc5)cc4)c([2H])c3[2H])c3c([2H])c([2H])c(-c4cccc(-c5cccc6ccccc56)c4)c([2H])c3[2H])c([2H])c2[2H])c([2H])c1[2H]. The predicted octanol–water partition coefficient (Wildman–Crippen LogP) is 14.6. The molecule has 0 spiro atoms. The molecule has 0 fully saturated rings. The van der Waals surface area contributed by atoms with Crippen LogP contribution in [0.25, 0.3) is 66.4 Å². The van der Waals surface area contributed by atoms with E-state index in [9.17, 15) is 16.4 Å². The molecule has 0 heterocycles. The standard InChI is InChI=1S/C52H37N/c1-3-11-38(12-4-1)40-21-23-41(24-22-40)43-27-33-49(34-28-43)53(48-31-25-42(26-32-48)39-13-5-2-6-14-39)50-35-29-44(30-36-50)46-17-9-18-47(37-46)52-20-10-16-45-15-7-8-19-51(45)52/h1-37H/i2D,5D,6D,13D,14D,25D,26D,27D,28D,29D,30D,31D,32D,33D,34D,35D,36D. The highest BCUT2D eigenvalue weighted by Crippen LogP contribution is 2.39. The highest BCUT2D eigenvalue weighted by Gasteiger charge is 2.14. The Morgan fingerprint density at radius 2 is 0.736 bits per heavy atom. The van der Waals surface area contributed by atoms with E-state index < -0.39 is 131 Å². The van der Waals surface area contributed by atoms with Gasteiger partial charge in [-0.2, -0.15) is 0 Å². The Hall–Kier alpha value is -6.96. The topological polar surface area (TPSA) is 3.24 Å². The molecule has 0 unspecified atom stereocenters. The molecular weight excluding hydrogens is 639 g/mol. The molecule has 0 aliphatic carbocycles. The van der Waals surface area contributed by atoms with Crippen LogP contribution in [0.15, 0.2) is 224 Å². The third-order valence-electron chi connectivity index (χ3n) is 8.79. The van der Waals surface area contributed by atoms with Crippen molar-refractivity contribution >= 4 is 27.8 Å². The van der Waals surface area contributed by atoms with Crippen LogP contribution in [-0.4, -0.2) is 0 Å². The Labute approximate surface area is 335 Å². The fraction of sp³-hybridized carbons (Fsp3) is 0. The van der Waals surface area contributed by atoms with E-state index in [4.69, 9.17) is 6.85 Å². The van der Waals surface area contributed by atoms with Crippen molar-refractivity contribution in [2.75, 3.05) is 4.90 Å². The summed E-state index contributed by atoms with van der Waals surface area (Å²) in [6, 6.07) is 23.1. The fourth-order valence-corrected chi connectivity index (χ4v) is 6.16. The van der Waals surface area contributed by atoms with Crippen molar-refractivity contribution in [3.8, 4) is 55.6 Å². The molecule has 9 aromatic carbocycles. The highest BCUT2D eigenvalue weighted by molar-refractivity contribution is 5.97. The maximum atomic E-state index is 9.57. The lowest BCUT2D eigenvalue weighted by Crippen LogP contribution is -2.09. The van der Waals surface area contributed by atoms with Gasteiger partial charge in [0.2, 0.25) is 0 Å². The van der Waals surface area contributed by atoms with Crippen molar-refractivity contribution in [1.82, 2.24) is 0 Å². The zero-order valence-corrected chi connectivity index (χ0v) is 28.0. The van der Waals surface area contributed by atoms with Crippen molar-refractivity contribution in [3.63, 3.8) is 0 Å². The number of hydrogen-bond donors (Lipinski definition) is 0. The number of benzene rings is 9. The average molecular weight is 693 g/mol. The molecule has 0 aliphatic heterocycles. The minimum Gasteiger partial charge on any atom is -0.311 e. The van der Waals surface area contributed by atoms with E-state index in [-0.39, 0.29) is 11.1 Å². The summed E-state index contributed by atoms with van der Waals surface area (Å²) in [7, 11) is 0. The minimum absolute atomic E-state index is 0.143. The second kappa shape index (κ2) is 14.3. The third-order valence-corrected chi connectivity index (χ3v) is 8.79. The average Bonchev–Trinajstić information content (AvgIpc) is 3.37. The summed E-state index contributed by atoms with van der Waals surface area (Å²) in [5, 5.41) is 1.90. The molecule has 53 heavy (non-hydrogen) atoms. The first-order valence-corrected chi connectivity index (χ1v) is 16.8. The molecule has 1 heteroatoms. The van der Waals surface area contributed by atoms with Gasteiger partial charge in [0.1, 0.15) is 0 Å². The van der Waals surface area contributed by atoms with Gasteiger partial charge in [0.25, 0.3) is 0 Å². The van der Waals surface area contributed by atoms with E-state index in [0.717, 1.165) is 27.5 Å². The monoisotopic (exact) mass is 692 g/mol. The van der Waals surface area contributed by atoms with E-state index in [0.29, 0.717) is 21.6 Å². The summed E-state index contributed by atoms with van der Waals surface area (Å²) >= 11 is 0. The molecule has 0 N–H and O–H groups in total. The lowest BCUT2D eigenvalue weighted by molar-refractivity contribution is 1.28. The zero-order valence-electron chi connectivity index (χ0n) is 45.0. The van der Waals surface area contributed by atoms with Gasteiger partial charge >= 0.3 is 0 Å². The van der Waals surface area contributed by atoms with Crippen LogP contribution in [0.5, 0.6) is 0 Å². The summed E-state index contributed by atoms with van der Waals surface area (Å²) < 4.78 is 155. The second-order valence-corrected chi connectivity index (χ2v) is 12.1. The van der Waals surface area contributed by atoms with Gasteiger partial charge in [-0.25, -0.2) is 0 Å². The Morgan fingerprint density at radius 3 is 1.38 bits per heavy atom. The van der Waals surface area contributed by atoms with Crippen LogP contribution >= 0.6 is 0 Å². The molecule has 0 aromatic heterocycles. The van der Waals surface area contributed by atoms with Crippen molar-refractivity contribution in [2.24, 2.45) is 0 Å². The van der Waals surface area contributed by atoms with Gasteiger partial charge in [0.05, 0.1) is 23.3 Å². The molecule has 0 amide bonds. The third kappa shape index (κ3) is 6.65. The van der Waals surface area contributed by atoms with E-state index in [1.807, 2.05) is 78.9 Å². The molecule has 9 aromatic rings. The molecule has 250 valence electrons. The first kappa shape index (κ1) is 18.5. The van der Waals surface area contributed by atoms with Crippen LogP contribution in [-0.2, 0) is 0 Å². The number of nitrogens with zero attached hydrogens (tertiary/aromatic N) is 1. The summed E-state index contributed by atoms with van der Waals surface area (Å²) in [5.74, 6) is 0. The van der Waals surface area contributed by atoms with Gasteiger partial charge in [0, 0.05) is 17.1 Å². The summed E-state index contributed by atoms with van der Waals surface area (Å²) in [5.41, 5.74) is -0.0853. The molecule has 0 radical (unpaired) electrons. The predicted molar refractivity (Wildman–Crippen MR) is 226 cm³/mol. The lowest BCUT2D eigenvalue weighted by Gasteiger charge is -2.26. The Bertz CT molecular complexity index is 3510. The highest BCUT2D eigenvalue weighted by atomic mass is 15.1. The Balaban J connectivity index is 1.31. The van der Waals surface area contributed by atoms with Crippen LogP contribution < -0.4 is 4.90 Å². The van der Waals surface area contributed by atoms with E-state index in [1.54, 1.807) is 42.5 Å². The normalized spacial score (nSPS) is 15.5. The molecule has 0 aliphatic rings. The van der Waals surface area contributed by atoms with E-state index >= 15 is 0 Å². The van der Waals surface area contributed by atoms with Crippen molar-refractivity contribution < 1.29 is 23.3 Å². The van der Waals surface area contributed by atoms with Gasteiger partial charge < -0.3 is 4.90 Å². The van der Waals surface area contributed by atoms with Gasteiger partial charge in [-0.3, -0.25) is 0 Å². The lowest BCUT2D eigenvalue weighted by atomic mass is 9.95. The smallest absolute Gasteiger partial charge is 0.0645 e. The fourth-order valence-electron chi connectivity index (χ4n) is 6.16. The molecular formula is C52H37N. The van der Waals surface area contributed by atoms with Crippen LogP contribution in [0, 0.1) is 0 Å². The zero-order chi connectivity index (χ0) is 50.2. The van der Waals surface area contributed by atoms with Gasteiger partial charge in [-0.05, 0) is 109 Å². The second-order valence-electron chi connectivity index (χ2n) is 12.1. The Morgan fingerprint density at radius 1 is 0.302 bits per heavy atom. The van der Waals surface area contributed by atoms with Crippen molar-refractivity contribution in [3.05, 3.63) is 224 Å². The van der Waals surface area contributed by atoms with Gasteiger partial charge in [0.15, 0.2) is 0 Å². The largest absolute Gasteiger partial charge is 0.311 e. The van der Waals surface area contributed by atoms with E-state index in [1.165, 1.54) is 0 Å². The quantitative estimate of drug-likeness (QED) is 0.153. The van der Waals surface area contributed by atoms with Crippen LogP contribution in [0.1, 0.15) is 23.3 Å². The van der Waals surface area contributed by atoms with Crippen molar-refractivity contribution in [2.45, 2.75) is 0 Å². The molecule has 1 nitrogen and oxygen atoms in total. The minimum atomic E-state index is -0.982. The van der Waals surface area contributed by atoms with Gasteiger partial charge in [-0.15, -0.1) is 0 Å². The maximum Gasteiger partial charge on any atom is 0.0645 e. The number of anilines is 3. The molecule has 9 rings (SSSR count). The summed E-state index contributed by atoms with van der Waals surface area (Å²) in [6.07, 6.45) is 0. The first-order chi connectivity index (χ1) is 33.4. The molecule has 0 atom stereocenters. The van der Waals surface area contributed by atoms with Crippen LogP contribution in [0.2, 0.25) is 0 Å². The Kier molecular flexibility index (Phi) is 5.01. The number of fused-ring (bicyclic) bond motifs is 1. The molecule has 0 saturated carbocycles. The maximum absolute atomic E-state index is 9.57. The number of hydrogen-bond acceptors (Lipinski definition) is 1. The molecule has 0 bridgehead atoms. The molecule has 0 saturated heterocycles. The van der Waals surface area contributed by atoms with Crippen molar-refractivity contribution in [1.29, 1.82) is 0 Å². The van der Waals surface area contributed by atoms with Gasteiger partial charge in [-0.1, -0.05) is 182 Å². The van der Waals surface area contributed by atoms with Crippen LogP contribution in [0.4, 0.5) is 17.1 Å². The summed E-state index contributed by atoms with van der Waals surface area (Å²) in [4.78, 5) is 0.673. The van der Waals surface area contributed by atoms with E-state index in [2.05, 4.69) is 0 Å². The number of rotatable bonds is 8. The summed E-state index contributed by atoms with van der Waals surface area (Å²) in [6.45, 7) is 0. The van der Waals surface area contributed by atoms with Crippen LogP contribution in [0.3, 0.4) is 0 Å². The first-order valence-electron chi connectivity index (χ1n) is 25.3.